The Labute approximate surface area is 471 Å². The molecule has 23 heteroatoms. The summed E-state index contributed by atoms with van der Waals surface area (Å²) in [7, 11) is 2.08. The number of amides is 7. The maximum atomic E-state index is 15.1. The Hall–Kier alpha value is -7.11. The lowest BCUT2D eigenvalue weighted by molar-refractivity contribution is -0.143. The van der Waals surface area contributed by atoms with Gasteiger partial charge in [0.15, 0.2) is 0 Å². The van der Waals surface area contributed by atoms with Crippen molar-refractivity contribution in [1.29, 1.82) is 0 Å². The molecule has 79 heavy (non-hydrogen) atoms. The van der Waals surface area contributed by atoms with E-state index in [2.05, 4.69) is 42.2 Å². The minimum absolute atomic E-state index is 0.0149. The predicted octanol–water partition coefficient (Wildman–Crippen LogP) is 3.17. The van der Waals surface area contributed by atoms with Crippen molar-refractivity contribution in [3.63, 3.8) is 0 Å². The maximum Gasteiger partial charge on any atom is 0.326 e. The van der Waals surface area contributed by atoms with Crippen LogP contribution in [0, 0.1) is 5.92 Å². The Morgan fingerprint density at radius 1 is 0.722 bits per heavy atom. The fraction of sp³-hybridized carbons (Fsp3) is 0.393. The van der Waals surface area contributed by atoms with E-state index in [4.69, 9.17) is 23.1 Å². The first kappa shape index (κ1) is 61.1. The van der Waals surface area contributed by atoms with Gasteiger partial charge in [0.1, 0.15) is 48.0 Å². The van der Waals surface area contributed by atoms with Gasteiger partial charge >= 0.3 is 5.97 Å². The number of hydrogen-bond acceptors (Lipinski definition) is 13. The third-order valence-corrected chi connectivity index (χ3v) is 16.9. The van der Waals surface area contributed by atoms with E-state index in [0.717, 1.165) is 32.5 Å². The van der Waals surface area contributed by atoms with Gasteiger partial charge in [-0.15, -0.1) is 0 Å². The highest BCUT2D eigenvalue weighted by molar-refractivity contribution is 8.77. The number of benzene rings is 4. The molecule has 8 atom stereocenters. The number of hydrogen-bond donors (Lipinski definition) is 12. The molecule has 20 nitrogen and oxygen atoms in total. The lowest BCUT2D eigenvalue weighted by Gasteiger charge is -2.35. The second-order valence-electron chi connectivity index (χ2n) is 20.3. The third-order valence-electron chi connectivity index (χ3n) is 13.3. The fourth-order valence-electron chi connectivity index (χ4n) is 8.82. The maximum absolute atomic E-state index is 15.1. The van der Waals surface area contributed by atoms with Crippen LogP contribution in [0.15, 0.2) is 109 Å². The largest absolute Gasteiger partial charge is 0.508 e. The number of aromatic nitrogens is 1. The molecule has 1 fully saturated rings. The molecular formula is C56H69ClN10O10S2. The molecule has 14 N–H and O–H groups in total. The number of H-pyrrole nitrogens is 1. The van der Waals surface area contributed by atoms with Crippen LogP contribution in [-0.4, -0.2) is 128 Å². The number of aliphatic carboxylic acids is 1. The molecule has 6 rings (SSSR count). The van der Waals surface area contributed by atoms with Crippen molar-refractivity contribution in [2.75, 3.05) is 12.3 Å². The fourth-order valence-corrected chi connectivity index (χ4v) is 11.8. The van der Waals surface area contributed by atoms with Gasteiger partial charge in [0.05, 0.1) is 6.04 Å². The summed E-state index contributed by atoms with van der Waals surface area (Å²) in [4.78, 5) is 118. The molecule has 1 aliphatic rings. The quantitative estimate of drug-likeness (QED) is 0.0596. The lowest BCUT2D eigenvalue weighted by atomic mass is 9.98. The Kier molecular flexibility index (Phi) is 22.2. The molecule has 7 amide bonds. The zero-order chi connectivity index (χ0) is 57.4. The Morgan fingerprint density at radius 2 is 1.27 bits per heavy atom. The number of carbonyl (C=O) groups is 8. The molecule has 5 aromatic rings. The number of phenols is 1. The number of rotatable bonds is 17. The zero-order valence-corrected chi connectivity index (χ0v) is 46.6. The highest BCUT2D eigenvalue weighted by Crippen LogP contribution is 2.39. The number of aromatic amines is 1. The van der Waals surface area contributed by atoms with Gasteiger partial charge in [-0.25, -0.2) is 4.79 Å². The van der Waals surface area contributed by atoms with Crippen LogP contribution < -0.4 is 48.7 Å². The van der Waals surface area contributed by atoms with Gasteiger partial charge in [0.2, 0.25) is 41.4 Å². The highest BCUT2D eigenvalue weighted by atomic mass is 35.5. The molecule has 422 valence electrons. The number of phenolic OH excluding ortho intramolecular Hbond substituents is 1. The van der Waals surface area contributed by atoms with Crippen LogP contribution in [0.3, 0.4) is 0 Å². The molecule has 1 aliphatic heterocycles. The molecule has 4 aromatic carbocycles. The zero-order valence-electron chi connectivity index (χ0n) is 44.3. The number of carboxylic acid groups (broad SMARTS) is 1. The van der Waals surface area contributed by atoms with Crippen molar-refractivity contribution < 1.29 is 48.6 Å². The number of fused-ring (bicyclic) bond motifs is 1. The molecular weight excluding hydrogens is 1070 g/mol. The predicted molar refractivity (Wildman–Crippen MR) is 305 cm³/mol. The molecule has 0 bridgehead atoms. The van der Waals surface area contributed by atoms with Crippen LogP contribution in [0.1, 0.15) is 62.8 Å². The number of halogens is 1. The second-order valence-corrected chi connectivity index (χ2v) is 23.7. The van der Waals surface area contributed by atoms with Crippen LogP contribution in [0.4, 0.5) is 0 Å². The topological polar surface area (TPSA) is 329 Å². The summed E-state index contributed by atoms with van der Waals surface area (Å²) in [5, 5.41) is 40.8. The summed E-state index contributed by atoms with van der Waals surface area (Å²) in [6.07, 6.45) is 1.63. The van der Waals surface area contributed by atoms with E-state index in [9.17, 15) is 43.8 Å². The molecule has 0 saturated carbocycles. The molecule has 0 aliphatic carbocycles. The first-order valence-corrected chi connectivity index (χ1v) is 28.5. The number of carbonyl (C=O) groups excluding carboxylic acids is 7. The van der Waals surface area contributed by atoms with Crippen molar-refractivity contribution in [3.05, 3.63) is 137 Å². The van der Waals surface area contributed by atoms with Crippen molar-refractivity contribution >= 4 is 91.4 Å². The average molecular weight is 1140 g/mol. The standard InChI is InChI=1S/C56H69ClN10O10S2/c1-31(2)46(55(76)77)66-53(74)45-30-78-79-56(3,4)47(67-48(69)39(59)25-33-16-20-36(57)21-17-33)54(75)64-43(26-32-11-6-5-7-12-32)50(71)63-44(28-35-29-60-40-14-9-8-13-38(35)40)52(73)61-41(15-10-24-58)49(70)62-42(51(72)65-45)27-34-18-22-37(68)23-19-34/h5-9,11-14,16-23,29,31,39,41-47,60,68H,10,15,24-28,30,58-59H2,1-4H3,(H,61,73)(H,62,70)(H,63,71)(H,64,75)(H,65,72)(H,66,74)(H,67,69)(H,76,77)/t39-,41-,42-,43-,44+,45-,46-,47-/m0/s1. The lowest BCUT2D eigenvalue weighted by Crippen LogP contribution is -2.63. The molecule has 0 radical (unpaired) electrons. The molecule has 1 saturated heterocycles. The molecule has 0 spiro atoms. The van der Waals surface area contributed by atoms with E-state index in [1.165, 1.54) is 24.3 Å². The van der Waals surface area contributed by atoms with Gasteiger partial charge < -0.3 is 63.9 Å². The van der Waals surface area contributed by atoms with E-state index >= 15 is 4.79 Å². The number of carboxylic acids is 1. The summed E-state index contributed by atoms with van der Waals surface area (Å²) in [6, 6.07) is 17.8. The number of nitrogens with one attached hydrogen (secondary N) is 8. The van der Waals surface area contributed by atoms with Crippen LogP contribution in [0.2, 0.25) is 5.02 Å². The SMILES string of the molecule is CC(C)[C@H](NC(=O)[C@@H]1CSSC(C)(C)[C@@H](NC(=O)[C@@H](N)Cc2ccc(Cl)cc2)C(=O)N[C@@H](Cc2ccccc2)C(=O)N[C@H](Cc2c[nH]c3ccccc23)C(=O)N[C@@H](CCCN)C(=O)N[C@@H](Cc2ccc(O)cc2)C(=O)N1)C(=O)O. The van der Waals surface area contributed by atoms with Crippen molar-refractivity contribution in [3.8, 4) is 5.75 Å². The minimum atomic E-state index is -1.47. The van der Waals surface area contributed by atoms with Gasteiger partial charge in [-0.2, -0.15) is 0 Å². The van der Waals surface area contributed by atoms with E-state index in [1.807, 2.05) is 24.3 Å². The van der Waals surface area contributed by atoms with E-state index in [1.54, 1.807) is 88.5 Å². The first-order chi connectivity index (χ1) is 37.6. The first-order valence-electron chi connectivity index (χ1n) is 25.8. The molecule has 0 unspecified atom stereocenters. The molecule has 1 aromatic heterocycles. The average Bonchev–Trinajstić information content (AvgIpc) is 3.86. The summed E-state index contributed by atoms with van der Waals surface area (Å²) < 4.78 is -1.32. The van der Waals surface area contributed by atoms with Gasteiger partial charge in [0, 0.05) is 51.9 Å². The number of nitrogens with two attached hydrogens (primary N) is 2. The van der Waals surface area contributed by atoms with Crippen molar-refractivity contribution in [2.24, 2.45) is 17.4 Å². The van der Waals surface area contributed by atoms with Crippen LogP contribution in [-0.2, 0) is 64.0 Å². The summed E-state index contributed by atoms with van der Waals surface area (Å²) >= 11 is 6.12. The van der Waals surface area contributed by atoms with E-state index in [-0.39, 0.29) is 56.6 Å². The van der Waals surface area contributed by atoms with Crippen LogP contribution in [0.25, 0.3) is 10.9 Å². The van der Waals surface area contributed by atoms with Crippen LogP contribution in [0.5, 0.6) is 5.75 Å². The highest BCUT2D eigenvalue weighted by Gasteiger charge is 2.42. The second kappa shape index (κ2) is 28.7. The smallest absolute Gasteiger partial charge is 0.326 e. The number of para-hydroxylation sites is 1. The van der Waals surface area contributed by atoms with E-state index < -0.39 is 106 Å². The minimum Gasteiger partial charge on any atom is -0.508 e. The van der Waals surface area contributed by atoms with Gasteiger partial charge in [-0.05, 0) is 98.2 Å². The van der Waals surface area contributed by atoms with Gasteiger partial charge in [-0.3, -0.25) is 33.6 Å². The monoisotopic (exact) mass is 1140 g/mol. The summed E-state index contributed by atoms with van der Waals surface area (Å²) in [5.41, 5.74) is 15.6. The van der Waals surface area contributed by atoms with Crippen molar-refractivity contribution in [1.82, 2.24) is 42.2 Å². The Morgan fingerprint density at radius 3 is 1.89 bits per heavy atom. The number of aromatic hydroxyl groups is 1. The normalized spacial score (nSPS) is 21.5. The molecule has 2 heterocycles. The van der Waals surface area contributed by atoms with Gasteiger partial charge in [-0.1, -0.05) is 120 Å². The van der Waals surface area contributed by atoms with Crippen LogP contribution >= 0.6 is 33.2 Å². The Bertz CT molecular complexity index is 2930. The Balaban J connectivity index is 1.46. The summed E-state index contributed by atoms with van der Waals surface area (Å²) in [5.74, 6) is -7.87. The van der Waals surface area contributed by atoms with Crippen molar-refractivity contribution in [2.45, 2.75) is 119 Å². The third kappa shape index (κ3) is 17.7. The van der Waals surface area contributed by atoms with Gasteiger partial charge in [0.25, 0.3) is 0 Å². The summed E-state index contributed by atoms with van der Waals surface area (Å²) in [6.45, 7) is 6.61. The van der Waals surface area contributed by atoms with E-state index in [0.29, 0.717) is 27.3 Å².